The van der Waals surface area contributed by atoms with E-state index in [1.54, 1.807) is 18.4 Å². The van der Waals surface area contributed by atoms with Crippen LogP contribution in [0.25, 0.3) is 0 Å². The number of halogens is 2. The SMILES string of the molecule is COc1ccc(NCc2ccc(C)s2)cc1Cl.Cl. The highest BCUT2D eigenvalue weighted by Gasteiger charge is 2.02. The molecule has 0 atom stereocenters. The van der Waals surface area contributed by atoms with Crippen molar-refractivity contribution in [2.45, 2.75) is 13.5 Å². The van der Waals surface area contributed by atoms with Crippen molar-refractivity contribution >= 4 is 41.0 Å². The Bertz CT molecular complexity index is 513. The third-order valence-electron chi connectivity index (χ3n) is 2.41. The summed E-state index contributed by atoms with van der Waals surface area (Å²) in [6, 6.07) is 9.97. The minimum atomic E-state index is 0. The fourth-order valence-electron chi connectivity index (χ4n) is 1.55. The van der Waals surface area contributed by atoms with E-state index in [4.69, 9.17) is 16.3 Å². The minimum absolute atomic E-state index is 0. The van der Waals surface area contributed by atoms with Crippen LogP contribution in [0.5, 0.6) is 5.75 Å². The third-order valence-corrected chi connectivity index (χ3v) is 3.71. The molecule has 0 saturated heterocycles. The van der Waals surface area contributed by atoms with Gasteiger partial charge < -0.3 is 10.1 Å². The molecule has 0 spiro atoms. The highest BCUT2D eigenvalue weighted by Crippen LogP contribution is 2.27. The molecule has 0 radical (unpaired) electrons. The summed E-state index contributed by atoms with van der Waals surface area (Å²) in [6.07, 6.45) is 0. The molecule has 1 aromatic carbocycles. The maximum atomic E-state index is 6.05. The second kappa shape index (κ2) is 6.88. The van der Waals surface area contributed by atoms with Gasteiger partial charge in [0.25, 0.3) is 0 Å². The number of benzene rings is 1. The van der Waals surface area contributed by atoms with Crippen LogP contribution < -0.4 is 10.1 Å². The van der Waals surface area contributed by atoms with Gasteiger partial charge in [-0.15, -0.1) is 23.7 Å². The average molecular weight is 304 g/mol. The molecule has 18 heavy (non-hydrogen) atoms. The summed E-state index contributed by atoms with van der Waals surface area (Å²) >= 11 is 7.85. The lowest BCUT2D eigenvalue weighted by Crippen LogP contribution is -1.97. The molecule has 2 rings (SSSR count). The molecule has 0 amide bonds. The highest BCUT2D eigenvalue weighted by molar-refractivity contribution is 7.11. The van der Waals surface area contributed by atoms with E-state index < -0.39 is 0 Å². The standard InChI is InChI=1S/C13H14ClNOS.ClH/c1-9-3-5-11(17-9)8-15-10-4-6-13(16-2)12(14)7-10;/h3-7,15H,8H2,1-2H3;1H. The number of thiophene rings is 1. The molecule has 0 fully saturated rings. The Morgan fingerprint density at radius 2 is 2.06 bits per heavy atom. The van der Waals surface area contributed by atoms with E-state index in [1.165, 1.54) is 9.75 Å². The number of ether oxygens (including phenoxy) is 1. The summed E-state index contributed by atoms with van der Waals surface area (Å²) in [4.78, 5) is 2.64. The summed E-state index contributed by atoms with van der Waals surface area (Å²) in [5.41, 5.74) is 1.00. The molecule has 5 heteroatoms. The van der Waals surface area contributed by atoms with Gasteiger partial charge in [-0.05, 0) is 37.3 Å². The van der Waals surface area contributed by atoms with Crippen LogP contribution in [0.2, 0.25) is 5.02 Å². The molecule has 1 N–H and O–H groups in total. The Kier molecular flexibility index (Phi) is 5.79. The molecular formula is C13H15Cl2NOS. The van der Waals surface area contributed by atoms with Crippen molar-refractivity contribution in [3.05, 3.63) is 45.1 Å². The van der Waals surface area contributed by atoms with Crippen molar-refractivity contribution in [1.29, 1.82) is 0 Å². The van der Waals surface area contributed by atoms with E-state index in [0.29, 0.717) is 10.8 Å². The molecule has 0 saturated carbocycles. The highest BCUT2D eigenvalue weighted by atomic mass is 35.5. The van der Waals surface area contributed by atoms with Gasteiger partial charge in [0.2, 0.25) is 0 Å². The lowest BCUT2D eigenvalue weighted by Gasteiger charge is -2.07. The van der Waals surface area contributed by atoms with Crippen LogP contribution >= 0.6 is 35.3 Å². The van der Waals surface area contributed by atoms with Crippen molar-refractivity contribution in [3.63, 3.8) is 0 Å². The summed E-state index contributed by atoms with van der Waals surface area (Å²) in [7, 11) is 1.61. The minimum Gasteiger partial charge on any atom is -0.495 e. The first kappa shape index (κ1) is 15.2. The van der Waals surface area contributed by atoms with Crippen LogP contribution in [-0.4, -0.2) is 7.11 Å². The number of aryl methyl sites for hydroxylation is 1. The molecule has 98 valence electrons. The van der Waals surface area contributed by atoms with Gasteiger partial charge in [0.15, 0.2) is 0 Å². The molecular weight excluding hydrogens is 289 g/mol. The maximum absolute atomic E-state index is 6.05. The molecule has 0 bridgehead atoms. The molecule has 0 aliphatic carbocycles. The topological polar surface area (TPSA) is 21.3 Å². The lowest BCUT2D eigenvalue weighted by molar-refractivity contribution is 0.415. The molecule has 2 nitrogen and oxygen atoms in total. The Labute approximate surface area is 122 Å². The summed E-state index contributed by atoms with van der Waals surface area (Å²) in [5.74, 6) is 0.698. The van der Waals surface area contributed by atoms with Crippen LogP contribution in [-0.2, 0) is 6.54 Å². The zero-order valence-electron chi connectivity index (χ0n) is 10.2. The fourth-order valence-corrected chi connectivity index (χ4v) is 2.63. The normalized spacial score (nSPS) is 9.72. The molecule has 0 aliphatic heterocycles. The number of hydrogen-bond donors (Lipinski definition) is 1. The first-order valence-electron chi connectivity index (χ1n) is 5.32. The van der Waals surface area contributed by atoms with Gasteiger partial charge >= 0.3 is 0 Å². The number of anilines is 1. The third kappa shape index (κ3) is 3.80. The second-order valence-electron chi connectivity index (χ2n) is 3.72. The van der Waals surface area contributed by atoms with Gasteiger partial charge in [0, 0.05) is 22.0 Å². The number of nitrogens with one attached hydrogen (secondary N) is 1. The van der Waals surface area contributed by atoms with Crippen LogP contribution in [0, 0.1) is 6.92 Å². The van der Waals surface area contributed by atoms with Crippen molar-refractivity contribution in [2.75, 3.05) is 12.4 Å². The van der Waals surface area contributed by atoms with E-state index >= 15 is 0 Å². The van der Waals surface area contributed by atoms with Crippen LogP contribution in [0.15, 0.2) is 30.3 Å². The number of rotatable bonds is 4. The monoisotopic (exact) mass is 303 g/mol. The Balaban J connectivity index is 0.00000162. The van der Waals surface area contributed by atoms with Crippen molar-refractivity contribution < 1.29 is 4.74 Å². The lowest BCUT2D eigenvalue weighted by atomic mass is 10.3. The Hall–Kier alpha value is -0.900. The quantitative estimate of drug-likeness (QED) is 0.880. The summed E-state index contributed by atoms with van der Waals surface area (Å²) < 4.78 is 5.11. The van der Waals surface area contributed by atoms with Crippen molar-refractivity contribution in [1.82, 2.24) is 0 Å². The largest absolute Gasteiger partial charge is 0.495 e. The fraction of sp³-hybridized carbons (Fsp3) is 0.231. The predicted molar refractivity (Wildman–Crippen MR) is 81.6 cm³/mol. The number of hydrogen-bond acceptors (Lipinski definition) is 3. The van der Waals surface area contributed by atoms with E-state index in [-0.39, 0.29) is 12.4 Å². The Morgan fingerprint density at radius 1 is 1.28 bits per heavy atom. The molecule has 1 aromatic heterocycles. The van der Waals surface area contributed by atoms with Gasteiger partial charge in [-0.25, -0.2) is 0 Å². The van der Waals surface area contributed by atoms with E-state index in [2.05, 4.69) is 24.4 Å². The van der Waals surface area contributed by atoms with E-state index in [1.807, 2.05) is 18.2 Å². The van der Waals surface area contributed by atoms with E-state index in [9.17, 15) is 0 Å². The van der Waals surface area contributed by atoms with Crippen LogP contribution in [0.3, 0.4) is 0 Å². The second-order valence-corrected chi connectivity index (χ2v) is 5.49. The predicted octanol–water partition coefficient (Wildman–Crippen LogP) is 4.75. The van der Waals surface area contributed by atoms with Crippen molar-refractivity contribution in [2.24, 2.45) is 0 Å². The number of methoxy groups -OCH3 is 1. The first-order valence-corrected chi connectivity index (χ1v) is 6.51. The summed E-state index contributed by atoms with van der Waals surface area (Å²) in [6.45, 7) is 2.93. The van der Waals surface area contributed by atoms with Crippen LogP contribution in [0.4, 0.5) is 5.69 Å². The first-order chi connectivity index (χ1) is 8.19. The van der Waals surface area contributed by atoms with Crippen molar-refractivity contribution in [3.8, 4) is 5.75 Å². The molecule has 2 aromatic rings. The van der Waals surface area contributed by atoms with E-state index in [0.717, 1.165) is 12.2 Å². The summed E-state index contributed by atoms with van der Waals surface area (Å²) in [5, 5.41) is 3.96. The van der Waals surface area contributed by atoms with Gasteiger partial charge in [-0.2, -0.15) is 0 Å². The zero-order valence-corrected chi connectivity index (χ0v) is 12.6. The molecule has 0 aliphatic rings. The maximum Gasteiger partial charge on any atom is 0.137 e. The average Bonchev–Trinajstić information content (AvgIpc) is 2.73. The van der Waals surface area contributed by atoms with Crippen LogP contribution in [0.1, 0.15) is 9.75 Å². The smallest absolute Gasteiger partial charge is 0.137 e. The van der Waals surface area contributed by atoms with Gasteiger partial charge in [-0.3, -0.25) is 0 Å². The van der Waals surface area contributed by atoms with Gasteiger partial charge in [-0.1, -0.05) is 11.6 Å². The van der Waals surface area contributed by atoms with Gasteiger partial charge in [0.05, 0.1) is 12.1 Å². The Morgan fingerprint density at radius 3 is 2.61 bits per heavy atom. The van der Waals surface area contributed by atoms with Gasteiger partial charge in [0.1, 0.15) is 5.75 Å². The molecule has 0 unspecified atom stereocenters. The molecule has 1 heterocycles. The zero-order chi connectivity index (χ0) is 12.3.